The summed E-state index contributed by atoms with van der Waals surface area (Å²) in [6, 6.07) is 0. The first-order chi connectivity index (χ1) is 8.08. The van der Waals surface area contributed by atoms with E-state index in [0.717, 1.165) is 25.2 Å². The number of carbonyl (C=O) groups excluding carboxylic acids is 1. The van der Waals surface area contributed by atoms with Crippen molar-refractivity contribution in [3.63, 3.8) is 0 Å². The van der Waals surface area contributed by atoms with Crippen molar-refractivity contribution in [3.8, 4) is 0 Å². The van der Waals surface area contributed by atoms with Gasteiger partial charge in [0.15, 0.2) is 0 Å². The van der Waals surface area contributed by atoms with Crippen molar-refractivity contribution >= 4 is 5.91 Å². The zero-order chi connectivity index (χ0) is 12.5. The Balaban J connectivity index is 1.82. The predicted octanol–water partition coefficient (Wildman–Crippen LogP) is 2.06. The van der Waals surface area contributed by atoms with E-state index >= 15 is 0 Å². The average Bonchev–Trinajstić information content (AvgIpc) is 2.97. The Morgan fingerprint density at radius 1 is 1.29 bits per heavy atom. The highest BCUT2D eigenvalue weighted by molar-refractivity contribution is 5.79. The lowest BCUT2D eigenvalue weighted by atomic mass is 9.87. The van der Waals surface area contributed by atoms with Crippen molar-refractivity contribution in [1.82, 2.24) is 5.32 Å². The molecular weight excluding hydrogens is 212 g/mol. The Labute approximate surface area is 105 Å². The molecular formula is C14H26N2O. The van der Waals surface area contributed by atoms with Crippen molar-refractivity contribution in [2.45, 2.75) is 57.9 Å². The zero-order valence-electron chi connectivity index (χ0n) is 11.2. The third-order valence-corrected chi connectivity index (χ3v) is 5.10. The molecule has 3 unspecified atom stereocenters. The van der Waals surface area contributed by atoms with Crippen molar-refractivity contribution in [3.05, 3.63) is 0 Å². The summed E-state index contributed by atoms with van der Waals surface area (Å²) in [7, 11) is 0. The van der Waals surface area contributed by atoms with Crippen LogP contribution in [-0.2, 0) is 4.79 Å². The minimum Gasteiger partial charge on any atom is -0.354 e. The second kappa shape index (κ2) is 4.97. The van der Waals surface area contributed by atoms with Gasteiger partial charge in [-0.1, -0.05) is 20.3 Å². The van der Waals surface area contributed by atoms with Gasteiger partial charge >= 0.3 is 0 Å². The van der Waals surface area contributed by atoms with E-state index in [-0.39, 0.29) is 17.4 Å². The van der Waals surface area contributed by atoms with Crippen LogP contribution in [0.15, 0.2) is 0 Å². The number of carbonyl (C=O) groups is 1. The van der Waals surface area contributed by atoms with Gasteiger partial charge in [-0.25, -0.2) is 0 Å². The Morgan fingerprint density at radius 3 is 2.47 bits per heavy atom. The van der Waals surface area contributed by atoms with Crippen LogP contribution in [0.5, 0.6) is 0 Å². The van der Waals surface area contributed by atoms with E-state index in [0.29, 0.717) is 12.5 Å². The van der Waals surface area contributed by atoms with Gasteiger partial charge in [-0.2, -0.15) is 0 Å². The van der Waals surface area contributed by atoms with Crippen LogP contribution in [0.25, 0.3) is 0 Å². The Bertz CT molecular complexity index is 286. The van der Waals surface area contributed by atoms with Crippen LogP contribution < -0.4 is 11.1 Å². The Kier molecular flexibility index (Phi) is 3.76. The average molecular weight is 238 g/mol. The molecule has 0 aromatic carbocycles. The molecule has 0 radical (unpaired) electrons. The normalized spacial score (nSPS) is 31.8. The molecule has 3 N–H and O–H groups in total. The lowest BCUT2D eigenvalue weighted by molar-refractivity contribution is -0.126. The summed E-state index contributed by atoms with van der Waals surface area (Å²) in [5, 5.41) is 3.09. The lowest BCUT2D eigenvalue weighted by Gasteiger charge is -2.29. The summed E-state index contributed by atoms with van der Waals surface area (Å²) in [6.45, 7) is 4.81. The van der Waals surface area contributed by atoms with Crippen LogP contribution in [0.1, 0.15) is 52.4 Å². The number of nitrogens with two attached hydrogens (primary N) is 1. The smallest absolute Gasteiger partial charge is 0.223 e. The van der Waals surface area contributed by atoms with Crippen molar-refractivity contribution in [2.75, 3.05) is 6.54 Å². The molecule has 2 aliphatic carbocycles. The minimum atomic E-state index is -0.215. The van der Waals surface area contributed by atoms with Crippen molar-refractivity contribution < 1.29 is 4.79 Å². The topological polar surface area (TPSA) is 55.1 Å². The molecule has 0 heterocycles. The van der Waals surface area contributed by atoms with Gasteiger partial charge in [0.05, 0.1) is 0 Å². The van der Waals surface area contributed by atoms with Crippen molar-refractivity contribution in [2.24, 2.45) is 23.5 Å². The first-order valence-electron chi connectivity index (χ1n) is 7.14. The molecule has 1 amide bonds. The van der Waals surface area contributed by atoms with Gasteiger partial charge in [0.25, 0.3) is 0 Å². The van der Waals surface area contributed by atoms with Crippen LogP contribution in [0, 0.1) is 17.8 Å². The van der Waals surface area contributed by atoms with Crippen LogP contribution in [-0.4, -0.2) is 18.0 Å². The second-order valence-corrected chi connectivity index (χ2v) is 6.07. The Hall–Kier alpha value is -0.570. The highest BCUT2D eigenvalue weighted by atomic mass is 16.1. The number of nitrogens with one attached hydrogen (secondary N) is 1. The van der Waals surface area contributed by atoms with Gasteiger partial charge < -0.3 is 11.1 Å². The quantitative estimate of drug-likeness (QED) is 0.770. The summed E-state index contributed by atoms with van der Waals surface area (Å²) in [6.07, 6.45) is 6.85. The van der Waals surface area contributed by atoms with Crippen molar-refractivity contribution in [1.29, 1.82) is 0 Å². The number of amides is 1. The molecule has 3 atom stereocenters. The molecule has 2 bridgehead atoms. The first-order valence-corrected chi connectivity index (χ1v) is 7.14. The molecule has 2 aliphatic rings. The van der Waals surface area contributed by atoms with E-state index in [1.807, 2.05) is 0 Å². The number of rotatable bonds is 5. The zero-order valence-corrected chi connectivity index (χ0v) is 11.2. The highest BCUT2D eigenvalue weighted by Crippen LogP contribution is 2.48. The van der Waals surface area contributed by atoms with Crippen LogP contribution in [0.3, 0.4) is 0 Å². The molecule has 2 rings (SSSR count). The summed E-state index contributed by atoms with van der Waals surface area (Å²) in [5.74, 6) is 2.03. The van der Waals surface area contributed by atoms with Gasteiger partial charge in [-0.3, -0.25) is 4.79 Å². The fourth-order valence-electron chi connectivity index (χ4n) is 3.46. The van der Waals surface area contributed by atoms with Crippen LogP contribution in [0.2, 0.25) is 0 Å². The molecule has 98 valence electrons. The third-order valence-electron chi connectivity index (χ3n) is 5.10. The maximum absolute atomic E-state index is 12.1. The number of fused-ring (bicyclic) bond motifs is 2. The minimum absolute atomic E-state index is 0.215. The fourth-order valence-corrected chi connectivity index (χ4v) is 3.46. The SMILES string of the molecule is CCC(N)(CC)CNC(=O)C1CC2CCC1C2. The Morgan fingerprint density at radius 2 is 2.00 bits per heavy atom. The monoisotopic (exact) mass is 238 g/mol. The van der Waals surface area contributed by atoms with Gasteiger partial charge in [0, 0.05) is 18.0 Å². The molecule has 2 fully saturated rings. The van der Waals surface area contributed by atoms with E-state index in [1.54, 1.807) is 0 Å². The largest absolute Gasteiger partial charge is 0.354 e. The molecule has 0 saturated heterocycles. The van der Waals surface area contributed by atoms with Gasteiger partial charge in [0.2, 0.25) is 5.91 Å². The number of hydrogen-bond donors (Lipinski definition) is 2. The molecule has 17 heavy (non-hydrogen) atoms. The summed E-state index contributed by atoms with van der Waals surface area (Å²) in [5.41, 5.74) is 5.99. The molecule has 3 heteroatoms. The number of hydrogen-bond acceptors (Lipinski definition) is 2. The molecule has 2 saturated carbocycles. The standard InChI is InChI=1S/C14H26N2O/c1-3-14(15,4-2)9-16-13(17)12-8-10-5-6-11(12)7-10/h10-12H,3-9,15H2,1-2H3,(H,16,17). The lowest BCUT2D eigenvalue weighted by Crippen LogP contribution is -2.50. The first kappa shape index (κ1) is 12.9. The predicted molar refractivity (Wildman–Crippen MR) is 69.4 cm³/mol. The molecule has 0 aromatic rings. The van der Waals surface area contributed by atoms with Gasteiger partial charge in [-0.05, 0) is 43.9 Å². The molecule has 0 aliphatic heterocycles. The van der Waals surface area contributed by atoms with Gasteiger partial charge in [-0.15, -0.1) is 0 Å². The van der Waals surface area contributed by atoms with E-state index in [2.05, 4.69) is 19.2 Å². The van der Waals surface area contributed by atoms with E-state index in [4.69, 9.17) is 5.73 Å². The maximum atomic E-state index is 12.1. The highest BCUT2D eigenvalue weighted by Gasteiger charge is 2.43. The molecule has 0 aromatic heterocycles. The molecule has 0 spiro atoms. The van der Waals surface area contributed by atoms with E-state index in [1.165, 1.54) is 19.3 Å². The third kappa shape index (κ3) is 2.65. The van der Waals surface area contributed by atoms with Gasteiger partial charge in [0.1, 0.15) is 0 Å². The summed E-state index contributed by atoms with van der Waals surface area (Å²) in [4.78, 5) is 12.1. The molecule has 3 nitrogen and oxygen atoms in total. The van der Waals surface area contributed by atoms with E-state index in [9.17, 15) is 4.79 Å². The second-order valence-electron chi connectivity index (χ2n) is 6.07. The summed E-state index contributed by atoms with van der Waals surface area (Å²) < 4.78 is 0. The fraction of sp³-hybridized carbons (Fsp3) is 0.929. The summed E-state index contributed by atoms with van der Waals surface area (Å²) >= 11 is 0. The van der Waals surface area contributed by atoms with E-state index < -0.39 is 0 Å². The maximum Gasteiger partial charge on any atom is 0.223 e. The van der Waals surface area contributed by atoms with Crippen LogP contribution in [0.4, 0.5) is 0 Å². The van der Waals surface area contributed by atoms with Crippen LogP contribution >= 0.6 is 0 Å².